The van der Waals surface area contributed by atoms with Crippen molar-refractivity contribution in [2.45, 2.75) is 33.0 Å². The fraction of sp³-hybridized carbons (Fsp3) is 0.500. The first-order chi connectivity index (χ1) is 8.81. The van der Waals surface area contributed by atoms with Crippen LogP contribution in [-0.4, -0.2) is 30.9 Å². The Morgan fingerprint density at radius 1 is 1.21 bits per heavy atom. The predicted molar refractivity (Wildman–Crippen MR) is 71.8 cm³/mol. The lowest BCUT2D eigenvalue weighted by molar-refractivity contribution is -0.140. The minimum absolute atomic E-state index is 0.291. The highest BCUT2D eigenvalue weighted by atomic mass is 16.7. The number of methoxy groups -OCH3 is 1. The van der Waals surface area contributed by atoms with Gasteiger partial charge in [-0.05, 0) is 38.5 Å². The molecular formula is C14H21NO4. The third-order valence-electron chi connectivity index (χ3n) is 2.23. The van der Waals surface area contributed by atoms with E-state index in [9.17, 15) is 4.79 Å². The lowest BCUT2D eigenvalue weighted by Gasteiger charge is -2.24. The molecule has 0 aliphatic carbocycles. The van der Waals surface area contributed by atoms with Gasteiger partial charge in [-0.1, -0.05) is 12.1 Å². The van der Waals surface area contributed by atoms with Crippen LogP contribution < -0.4 is 4.74 Å². The molecule has 0 aliphatic heterocycles. The van der Waals surface area contributed by atoms with E-state index in [-0.39, 0.29) is 0 Å². The minimum Gasteiger partial charge on any atom is -0.497 e. The van der Waals surface area contributed by atoms with Gasteiger partial charge in [-0.25, -0.2) is 4.79 Å². The SMILES string of the molecule is COc1ccc(CON(C)C(=O)OC(C)(C)C)cc1. The first-order valence-electron chi connectivity index (χ1n) is 6.04. The van der Waals surface area contributed by atoms with E-state index in [1.54, 1.807) is 7.11 Å². The van der Waals surface area contributed by atoms with Gasteiger partial charge < -0.3 is 9.47 Å². The maximum absolute atomic E-state index is 11.6. The van der Waals surface area contributed by atoms with E-state index in [2.05, 4.69) is 0 Å². The topological polar surface area (TPSA) is 48.0 Å². The summed E-state index contributed by atoms with van der Waals surface area (Å²) in [6.45, 7) is 5.71. The Labute approximate surface area is 114 Å². The van der Waals surface area contributed by atoms with Crippen molar-refractivity contribution in [2.24, 2.45) is 0 Å². The maximum Gasteiger partial charge on any atom is 0.434 e. The summed E-state index contributed by atoms with van der Waals surface area (Å²) in [5.41, 5.74) is 0.408. The molecule has 1 rings (SSSR count). The molecule has 106 valence electrons. The minimum atomic E-state index is -0.533. The van der Waals surface area contributed by atoms with Crippen molar-refractivity contribution in [3.63, 3.8) is 0 Å². The van der Waals surface area contributed by atoms with E-state index in [1.807, 2.05) is 45.0 Å². The molecule has 1 aromatic carbocycles. The number of hydrogen-bond acceptors (Lipinski definition) is 4. The number of benzene rings is 1. The molecule has 0 atom stereocenters. The van der Waals surface area contributed by atoms with E-state index >= 15 is 0 Å². The maximum atomic E-state index is 11.6. The van der Waals surface area contributed by atoms with Gasteiger partial charge in [0.15, 0.2) is 0 Å². The molecule has 0 radical (unpaired) electrons. The highest BCUT2D eigenvalue weighted by Crippen LogP contribution is 2.13. The number of amides is 1. The summed E-state index contributed by atoms with van der Waals surface area (Å²) < 4.78 is 10.2. The average Bonchev–Trinajstić information content (AvgIpc) is 2.34. The number of ether oxygens (including phenoxy) is 2. The Bertz CT molecular complexity index is 408. The number of nitrogens with zero attached hydrogens (tertiary/aromatic N) is 1. The van der Waals surface area contributed by atoms with Crippen LogP contribution in [0.25, 0.3) is 0 Å². The van der Waals surface area contributed by atoms with Crippen LogP contribution in [0.15, 0.2) is 24.3 Å². The number of hydroxylamine groups is 2. The number of rotatable bonds is 4. The van der Waals surface area contributed by atoms with Crippen molar-refractivity contribution in [3.8, 4) is 5.75 Å². The van der Waals surface area contributed by atoms with E-state index < -0.39 is 11.7 Å². The van der Waals surface area contributed by atoms with Crippen molar-refractivity contribution in [1.82, 2.24) is 5.06 Å². The Hall–Kier alpha value is -1.75. The van der Waals surface area contributed by atoms with Crippen LogP contribution in [0.5, 0.6) is 5.75 Å². The van der Waals surface area contributed by atoms with Gasteiger partial charge in [0.1, 0.15) is 18.0 Å². The van der Waals surface area contributed by atoms with Gasteiger partial charge in [-0.2, -0.15) is 5.06 Å². The second-order valence-corrected chi connectivity index (χ2v) is 5.10. The molecule has 0 spiro atoms. The third kappa shape index (κ3) is 5.61. The molecular weight excluding hydrogens is 246 g/mol. The molecule has 0 aromatic heterocycles. The summed E-state index contributed by atoms with van der Waals surface area (Å²) in [6, 6.07) is 7.43. The van der Waals surface area contributed by atoms with Crippen LogP contribution in [-0.2, 0) is 16.2 Å². The molecule has 0 bridgehead atoms. The van der Waals surface area contributed by atoms with Gasteiger partial charge in [0, 0.05) is 7.05 Å². The van der Waals surface area contributed by atoms with Crippen molar-refractivity contribution in [1.29, 1.82) is 0 Å². The Morgan fingerprint density at radius 3 is 2.26 bits per heavy atom. The monoisotopic (exact) mass is 267 g/mol. The molecule has 0 unspecified atom stereocenters. The highest BCUT2D eigenvalue weighted by Gasteiger charge is 2.20. The van der Waals surface area contributed by atoms with Crippen LogP contribution in [0.4, 0.5) is 4.79 Å². The summed E-state index contributed by atoms with van der Waals surface area (Å²) in [5.74, 6) is 0.782. The Morgan fingerprint density at radius 2 is 1.79 bits per heavy atom. The summed E-state index contributed by atoms with van der Waals surface area (Å²) in [6.07, 6.45) is -0.513. The fourth-order valence-corrected chi connectivity index (χ4v) is 1.27. The number of carbonyl (C=O) groups is 1. The van der Waals surface area contributed by atoms with Gasteiger partial charge in [0.2, 0.25) is 0 Å². The van der Waals surface area contributed by atoms with Crippen LogP contribution >= 0.6 is 0 Å². The molecule has 0 saturated carbocycles. The standard InChI is InChI=1S/C14H21NO4/c1-14(2,3)19-13(16)15(4)18-10-11-6-8-12(17-5)9-7-11/h6-9H,10H2,1-5H3. The zero-order chi connectivity index (χ0) is 14.5. The first-order valence-corrected chi connectivity index (χ1v) is 6.04. The predicted octanol–water partition coefficient (Wildman–Crippen LogP) is 2.99. The van der Waals surface area contributed by atoms with E-state index in [4.69, 9.17) is 14.3 Å². The van der Waals surface area contributed by atoms with Gasteiger partial charge >= 0.3 is 6.09 Å². The Kier molecular flexibility index (Phi) is 5.18. The molecule has 0 aliphatic rings. The lowest BCUT2D eigenvalue weighted by atomic mass is 10.2. The van der Waals surface area contributed by atoms with Crippen LogP contribution in [0.3, 0.4) is 0 Å². The van der Waals surface area contributed by atoms with Gasteiger partial charge in [-0.3, -0.25) is 4.84 Å². The summed E-state index contributed by atoms with van der Waals surface area (Å²) in [4.78, 5) is 17.0. The molecule has 1 aromatic rings. The van der Waals surface area contributed by atoms with Crippen LogP contribution in [0.1, 0.15) is 26.3 Å². The lowest BCUT2D eigenvalue weighted by Crippen LogP contribution is -2.34. The second-order valence-electron chi connectivity index (χ2n) is 5.10. The van der Waals surface area contributed by atoms with Gasteiger partial charge in [0.25, 0.3) is 0 Å². The molecule has 1 amide bonds. The average molecular weight is 267 g/mol. The van der Waals surface area contributed by atoms with E-state index in [0.717, 1.165) is 16.4 Å². The normalized spacial score (nSPS) is 11.0. The fourth-order valence-electron chi connectivity index (χ4n) is 1.27. The molecule has 19 heavy (non-hydrogen) atoms. The number of hydrogen-bond donors (Lipinski definition) is 0. The van der Waals surface area contributed by atoms with Crippen LogP contribution in [0.2, 0.25) is 0 Å². The van der Waals surface area contributed by atoms with Crippen molar-refractivity contribution < 1.29 is 19.1 Å². The Balaban J connectivity index is 2.44. The molecule has 0 heterocycles. The van der Waals surface area contributed by atoms with E-state index in [1.165, 1.54) is 7.05 Å². The zero-order valence-corrected chi connectivity index (χ0v) is 12.1. The summed E-state index contributed by atoms with van der Waals surface area (Å²) in [5, 5.41) is 1.09. The molecule has 0 saturated heterocycles. The summed E-state index contributed by atoms with van der Waals surface area (Å²) >= 11 is 0. The van der Waals surface area contributed by atoms with Crippen molar-refractivity contribution >= 4 is 6.09 Å². The summed E-state index contributed by atoms with van der Waals surface area (Å²) in [7, 11) is 3.14. The second kappa shape index (κ2) is 6.43. The quantitative estimate of drug-likeness (QED) is 0.787. The van der Waals surface area contributed by atoms with Crippen molar-refractivity contribution in [2.75, 3.05) is 14.2 Å². The first kappa shape index (κ1) is 15.3. The molecule has 0 N–H and O–H groups in total. The van der Waals surface area contributed by atoms with Gasteiger partial charge in [0.05, 0.1) is 7.11 Å². The zero-order valence-electron chi connectivity index (χ0n) is 12.1. The molecule has 5 nitrogen and oxygen atoms in total. The van der Waals surface area contributed by atoms with Crippen molar-refractivity contribution in [3.05, 3.63) is 29.8 Å². The van der Waals surface area contributed by atoms with Crippen LogP contribution in [0, 0.1) is 0 Å². The largest absolute Gasteiger partial charge is 0.497 e. The number of carbonyl (C=O) groups excluding carboxylic acids is 1. The third-order valence-corrected chi connectivity index (χ3v) is 2.23. The molecule has 5 heteroatoms. The van der Waals surface area contributed by atoms with E-state index in [0.29, 0.717) is 6.61 Å². The highest BCUT2D eigenvalue weighted by molar-refractivity contribution is 5.66. The smallest absolute Gasteiger partial charge is 0.434 e. The molecule has 0 fully saturated rings. The van der Waals surface area contributed by atoms with Gasteiger partial charge in [-0.15, -0.1) is 0 Å².